The van der Waals surface area contributed by atoms with Crippen molar-refractivity contribution in [1.29, 1.82) is 0 Å². The Morgan fingerprint density at radius 2 is 2.24 bits per heavy atom. The predicted molar refractivity (Wildman–Crippen MR) is 64.0 cm³/mol. The minimum absolute atomic E-state index is 0.0416. The summed E-state index contributed by atoms with van der Waals surface area (Å²) < 4.78 is 0. The molecule has 1 fully saturated rings. The maximum Gasteiger partial charge on any atom is 0.305 e. The molecule has 1 aliphatic heterocycles. The second-order valence-electron chi connectivity index (χ2n) is 4.33. The zero-order valence-corrected chi connectivity index (χ0v) is 9.96. The van der Waals surface area contributed by atoms with E-state index in [0.29, 0.717) is 5.95 Å². The molecule has 1 N–H and O–H groups in total. The first-order chi connectivity index (χ1) is 8.20. The molecule has 1 aliphatic rings. The van der Waals surface area contributed by atoms with Gasteiger partial charge in [-0.1, -0.05) is 6.92 Å². The molecule has 5 heteroatoms. The second kappa shape index (κ2) is 5.12. The van der Waals surface area contributed by atoms with E-state index in [0.717, 1.165) is 31.4 Å². The van der Waals surface area contributed by atoms with Crippen molar-refractivity contribution < 1.29 is 9.90 Å². The van der Waals surface area contributed by atoms with E-state index in [9.17, 15) is 4.79 Å². The number of aromatic nitrogens is 2. The number of hydrogen-bond donors (Lipinski definition) is 1. The van der Waals surface area contributed by atoms with Crippen LogP contribution >= 0.6 is 0 Å². The monoisotopic (exact) mass is 235 g/mol. The van der Waals surface area contributed by atoms with Crippen LogP contribution in [-0.4, -0.2) is 33.6 Å². The van der Waals surface area contributed by atoms with Gasteiger partial charge < -0.3 is 10.0 Å². The zero-order valence-electron chi connectivity index (χ0n) is 9.96. The van der Waals surface area contributed by atoms with E-state index >= 15 is 0 Å². The highest BCUT2D eigenvalue weighted by molar-refractivity contribution is 5.68. The Balaban J connectivity index is 2.11. The van der Waals surface area contributed by atoms with Crippen LogP contribution < -0.4 is 4.90 Å². The molecule has 0 radical (unpaired) electrons. The molecule has 2 heterocycles. The van der Waals surface area contributed by atoms with Crippen LogP contribution in [-0.2, 0) is 11.2 Å². The summed E-state index contributed by atoms with van der Waals surface area (Å²) in [5.41, 5.74) is 1.10. The minimum Gasteiger partial charge on any atom is -0.481 e. The van der Waals surface area contributed by atoms with Crippen LogP contribution in [0, 0.1) is 0 Å². The third-order valence-electron chi connectivity index (χ3n) is 3.14. The summed E-state index contributed by atoms with van der Waals surface area (Å²) in [5.74, 6) is -0.0990. The fraction of sp³-hybridized carbons (Fsp3) is 0.583. The van der Waals surface area contributed by atoms with Gasteiger partial charge in [-0.3, -0.25) is 4.79 Å². The summed E-state index contributed by atoms with van der Waals surface area (Å²) in [6.45, 7) is 2.91. The van der Waals surface area contributed by atoms with Crippen LogP contribution in [0.25, 0.3) is 0 Å². The minimum atomic E-state index is -0.757. The molecular weight excluding hydrogens is 218 g/mol. The summed E-state index contributed by atoms with van der Waals surface area (Å²) in [7, 11) is 0. The molecule has 1 atom stereocenters. The summed E-state index contributed by atoms with van der Waals surface area (Å²) in [4.78, 5) is 21.4. The molecule has 0 aromatic carbocycles. The summed E-state index contributed by atoms with van der Waals surface area (Å²) in [5, 5.41) is 8.85. The van der Waals surface area contributed by atoms with Gasteiger partial charge in [-0.05, 0) is 24.8 Å². The molecule has 1 aromatic heterocycles. The van der Waals surface area contributed by atoms with Crippen molar-refractivity contribution in [2.75, 3.05) is 11.4 Å². The average Bonchev–Trinajstić information content (AvgIpc) is 2.76. The lowest BCUT2D eigenvalue weighted by atomic mass is 10.1. The molecule has 1 unspecified atom stereocenters. The number of rotatable bonds is 4. The molecule has 2 rings (SSSR count). The van der Waals surface area contributed by atoms with Gasteiger partial charge in [-0.2, -0.15) is 0 Å². The van der Waals surface area contributed by atoms with Crippen molar-refractivity contribution in [2.45, 2.75) is 38.6 Å². The van der Waals surface area contributed by atoms with Gasteiger partial charge >= 0.3 is 5.97 Å². The van der Waals surface area contributed by atoms with Gasteiger partial charge in [0.1, 0.15) is 0 Å². The van der Waals surface area contributed by atoms with E-state index in [2.05, 4.69) is 16.9 Å². The molecule has 5 nitrogen and oxygen atoms in total. The molecule has 0 spiro atoms. The van der Waals surface area contributed by atoms with Crippen LogP contribution in [0.15, 0.2) is 12.4 Å². The maximum atomic E-state index is 10.8. The third-order valence-corrected chi connectivity index (χ3v) is 3.14. The molecule has 0 amide bonds. The van der Waals surface area contributed by atoms with Crippen molar-refractivity contribution >= 4 is 11.9 Å². The first kappa shape index (κ1) is 11.8. The highest BCUT2D eigenvalue weighted by Gasteiger charge is 2.28. The Morgan fingerprint density at radius 3 is 2.82 bits per heavy atom. The third kappa shape index (κ3) is 2.72. The number of aliphatic carboxylic acids is 1. The molecule has 0 bridgehead atoms. The number of aryl methyl sites for hydroxylation is 1. The Bertz CT molecular complexity index is 391. The highest BCUT2D eigenvalue weighted by atomic mass is 16.4. The van der Waals surface area contributed by atoms with Gasteiger partial charge in [0.25, 0.3) is 0 Å². The number of carbonyl (C=O) groups is 1. The standard InChI is InChI=1S/C12H17N3O2/c1-2-9-7-13-12(14-8-9)15-5-3-4-10(15)6-11(16)17/h7-8,10H,2-6H2,1H3,(H,16,17). The zero-order chi connectivity index (χ0) is 12.3. The second-order valence-corrected chi connectivity index (χ2v) is 4.33. The van der Waals surface area contributed by atoms with E-state index in [1.807, 2.05) is 17.3 Å². The van der Waals surface area contributed by atoms with E-state index in [1.54, 1.807) is 0 Å². The molecule has 0 aliphatic carbocycles. The Morgan fingerprint density at radius 1 is 1.53 bits per heavy atom. The Hall–Kier alpha value is -1.65. The molecule has 0 saturated carbocycles. The van der Waals surface area contributed by atoms with E-state index < -0.39 is 5.97 Å². The maximum absolute atomic E-state index is 10.8. The Labute approximate surface area is 100 Å². The number of nitrogens with zero attached hydrogens (tertiary/aromatic N) is 3. The van der Waals surface area contributed by atoms with Gasteiger partial charge in [0.2, 0.25) is 5.95 Å². The van der Waals surface area contributed by atoms with Crippen LogP contribution in [0.2, 0.25) is 0 Å². The van der Waals surface area contributed by atoms with Gasteiger partial charge in [-0.25, -0.2) is 9.97 Å². The average molecular weight is 235 g/mol. The van der Waals surface area contributed by atoms with Crippen molar-refractivity contribution in [3.8, 4) is 0 Å². The van der Waals surface area contributed by atoms with Crippen molar-refractivity contribution in [1.82, 2.24) is 9.97 Å². The fourth-order valence-electron chi connectivity index (χ4n) is 2.19. The van der Waals surface area contributed by atoms with Crippen LogP contribution in [0.1, 0.15) is 31.7 Å². The number of anilines is 1. The number of hydrogen-bond acceptors (Lipinski definition) is 4. The molecule has 17 heavy (non-hydrogen) atoms. The molecular formula is C12H17N3O2. The lowest BCUT2D eigenvalue weighted by Gasteiger charge is -2.23. The first-order valence-corrected chi connectivity index (χ1v) is 6.00. The van der Waals surface area contributed by atoms with Gasteiger partial charge in [-0.15, -0.1) is 0 Å². The summed E-state index contributed by atoms with van der Waals surface area (Å²) in [6.07, 6.45) is 6.64. The largest absolute Gasteiger partial charge is 0.481 e. The van der Waals surface area contributed by atoms with Crippen LogP contribution in [0.4, 0.5) is 5.95 Å². The smallest absolute Gasteiger partial charge is 0.305 e. The van der Waals surface area contributed by atoms with E-state index in [-0.39, 0.29) is 12.5 Å². The van der Waals surface area contributed by atoms with Gasteiger partial charge in [0, 0.05) is 25.0 Å². The predicted octanol–water partition coefficient (Wildman–Crippen LogP) is 1.48. The molecule has 1 saturated heterocycles. The van der Waals surface area contributed by atoms with Crippen molar-refractivity contribution in [2.24, 2.45) is 0 Å². The summed E-state index contributed by atoms with van der Waals surface area (Å²) >= 11 is 0. The summed E-state index contributed by atoms with van der Waals surface area (Å²) in [6, 6.07) is 0.0416. The van der Waals surface area contributed by atoms with Crippen LogP contribution in [0.3, 0.4) is 0 Å². The highest BCUT2D eigenvalue weighted by Crippen LogP contribution is 2.24. The fourth-order valence-corrected chi connectivity index (χ4v) is 2.19. The molecule has 1 aromatic rings. The SMILES string of the molecule is CCc1cnc(N2CCCC2CC(=O)O)nc1. The molecule has 92 valence electrons. The normalized spacial score (nSPS) is 19.6. The van der Waals surface area contributed by atoms with E-state index in [1.165, 1.54) is 0 Å². The topological polar surface area (TPSA) is 66.3 Å². The van der Waals surface area contributed by atoms with Crippen LogP contribution in [0.5, 0.6) is 0 Å². The lowest BCUT2D eigenvalue weighted by Crippen LogP contribution is -2.32. The van der Waals surface area contributed by atoms with Crippen molar-refractivity contribution in [3.05, 3.63) is 18.0 Å². The Kier molecular flexibility index (Phi) is 3.56. The quantitative estimate of drug-likeness (QED) is 0.856. The number of carboxylic acids is 1. The van der Waals surface area contributed by atoms with E-state index in [4.69, 9.17) is 5.11 Å². The number of carboxylic acid groups (broad SMARTS) is 1. The van der Waals surface area contributed by atoms with Gasteiger partial charge in [0.15, 0.2) is 0 Å². The lowest BCUT2D eigenvalue weighted by molar-refractivity contribution is -0.137. The first-order valence-electron chi connectivity index (χ1n) is 6.00. The van der Waals surface area contributed by atoms with Gasteiger partial charge in [0.05, 0.1) is 6.42 Å². The van der Waals surface area contributed by atoms with Crippen molar-refractivity contribution in [3.63, 3.8) is 0 Å².